The van der Waals surface area contributed by atoms with Crippen LogP contribution in [0, 0.1) is 69.2 Å². The molecule has 0 bridgehead atoms. The first kappa shape index (κ1) is 77.8. The van der Waals surface area contributed by atoms with Crippen molar-refractivity contribution in [2.45, 2.75) is 69.2 Å². The molecule has 0 atom stereocenters. The summed E-state index contributed by atoms with van der Waals surface area (Å²) in [5.74, 6) is 0. The van der Waals surface area contributed by atoms with Crippen LogP contribution in [0.1, 0.15) is 55.6 Å². The van der Waals surface area contributed by atoms with Gasteiger partial charge >= 0.3 is 0 Å². The molecule has 594 valence electrons. The molecular weight excluding hydrogens is 1490 g/mol. The van der Waals surface area contributed by atoms with Crippen LogP contribution < -0.4 is 19.6 Å². The topological polar surface area (TPSA) is 17.9 Å². The highest BCUT2D eigenvalue weighted by molar-refractivity contribution is 6.13. The van der Waals surface area contributed by atoms with Gasteiger partial charge in [-0.3, -0.25) is 0 Å². The number of benzene rings is 18. The van der Waals surface area contributed by atoms with Gasteiger partial charge in [0.2, 0.25) is 0 Å². The number of fused-ring (bicyclic) bond motifs is 3. The molecule has 0 saturated heterocycles. The van der Waals surface area contributed by atoms with E-state index in [1.807, 2.05) is 0 Å². The normalized spacial score (nSPS) is 11.3. The van der Waals surface area contributed by atoms with Crippen LogP contribution in [0.25, 0.3) is 105 Å². The third-order valence-corrected chi connectivity index (χ3v) is 24.8. The van der Waals surface area contributed by atoms with Crippen LogP contribution in [0.3, 0.4) is 0 Å². The maximum Gasteiger partial charge on any atom is 0.0618 e. The monoisotopic (exact) mass is 1580 g/mol. The third kappa shape index (κ3) is 14.9. The number of rotatable bonds is 20. The molecule has 19 rings (SSSR count). The first-order valence-electron chi connectivity index (χ1n) is 42.8. The molecule has 5 nitrogen and oxygen atoms in total. The fourth-order valence-electron chi connectivity index (χ4n) is 19.2. The van der Waals surface area contributed by atoms with E-state index in [-0.39, 0.29) is 0 Å². The van der Waals surface area contributed by atoms with Gasteiger partial charge in [0, 0.05) is 73.1 Å². The zero-order chi connectivity index (χ0) is 83.9. The van der Waals surface area contributed by atoms with Gasteiger partial charge in [0.1, 0.15) is 0 Å². The van der Waals surface area contributed by atoms with Crippen LogP contribution in [-0.2, 0) is 0 Å². The highest BCUT2D eigenvalue weighted by Gasteiger charge is 2.29. The molecule has 123 heavy (non-hydrogen) atoms. The molecule has 0 saturated carbocycles. The van der Waals surface area contributed by atoms with Crippen molar-refractivity contribution in [3.63, 3.8) is 0 Å². The van der Waals surface area contributed by atoms with Gasteiger partial charge in [-0.15, -0.1) is 0 Å². The van der Waals surface area contributed by atoms with E-state index in [0.717, 1.165) is 113 Å². The maximum atomic E-state index is 2.56. The first-order valence-corrected chi connectivity index (χ1v) is 42.8. The summed E-state index contributed by atoms with van der Waals surface area (Å²) in [5, 5.41) is 2.34. The van der Waals surface area contributed by atoms with Crippen molar-refractivity contribution in [3.05, 3.63) is 462 Å². The summed E-state index contributed by atoms with van der Waals surface area (Å²) in [6, 6.07) is 151. The highest BCUT2D eigenvalue weighted by Crippen LogP contribution is 2.53. The SMILES string of the molecule is Cc1cccc(C)c1-c1ccc(N(c2ccc(-c3c(C)cccc3C)cc2)c2cc(-c3c(C)cccc3C)cc(N(c3ccccc3)c3cccc(N(c4cc(N(c5ccccc5)c5ccccc5)cc(-n5c6ccc(-c7c(C)cccc7C)cc6c6cc(-c7c(C)cccc7C)ccc65)c4)c4c(-c5ccccc5)cccc4-c4ccccc4)c3)c2)cc1. The van der Waals surface area contributed by atoms with E-state index in [1.54, 1.807) is 0 Å². The molecule has 0 fully saturated rings. The molecule has 5 heteroatoms. The minimum absolute atomic E-state index is 0.944. The van der Waals surface area contributed by atoms with E-state index in [2.05, 4.69) is 500 Å². The summed E-state index contributed by atoms with van der Waals surface area (Å²) < 4.78 is 2.53. The number of hydrogen-bond acceptors (Lipinski definition) is 4. The Morgan fingerprint density at radius 1 is 0.163 bits per heavy atom. The summed E-state index contributed by atoms with van der Waals surface area (Å²) in [4.78, 5) is 9.92. The van der Waals surface area contributed by atoms with Crippen molar-refractivity contribution < 1.29 is 0 Å². The van der Waals surface area contributed by atoms with Gasteiger partial charge in [0.25, 0.3) is 0 Å². The Morgan fingerprint density at radius 2 is 0.415 bits per heavy atom. The van der Waals surface area contributed by atoms with E-state index < -0.39 is 0 Å². The number of aromatic nitrogens is 1. The Bertz CT molecular complexity index is 6750. The summed E-state index contributed by atoms with van der Waals surface area (Å²) >= 11 is 0. The van der Waals surface area contributed by atoms with Crippen LogP contribution in [-0.4, -0.2) is 4.57 Å². The summed E-state index contributed by atoms with van der Waals surface area (Å²) in [5.41, 5.74) is 43.9. The first-order chi connectivity index (χ1) is 60.2. The van der Waals surface area contributed by atoms with Gasteiger partial charge in [-0.1, -0.05) is 267 Å². The lowest BCUT2D eigenvalue weighted by molar-refractivity contribution is 1.16. The second-order valence-electron chi connectivity index (χ2n) is 33.0. The van der Waals surface area contributed by atoms with Crippen molar-refractivity contribution >= 4 is 90.1 Å². The smallest absolute Gasteiger partial charge is 0.0618 e. The number of anilines is 12. The van der Waals surface area contributed by atoms with Crippen LogP contribution >= 0.6 is 0 Å². The molecule has 0 N–H and O–H groups in total. The van der Waals surface area contributed by atoms with Crippen molar-refractivity contribution in [2.75, 3.05) is 19.6 Å². The molecular formula is C118H97N5. The predicted molar refractivity (Wildman–Crippen MR) is 525 cm³/mol. The number of para-hydroxylation sites is 4. The Morgan fingerprint density at radius 3 is 0.772 bits per heavy atom. The Hall–Kier alpha value is -15.0. The third-order valence-electron chi connectivity index (χ3n) is 24.8. The minimum atomic E-state index is 0.944. The van der Waals surface area contributed by atoms with E-state index in [9.17, 15) is 0 Å². The van der Waals surface area contributed by atoms with Gasteiger partial charge in [-0.05, 0) is 331 Å². The molecule has 18 aromatic carbocycles. The summed E-state index contributed by atoms with van der Waals surface area (Å²) in [7, 11) is 0. The van der Waals surface area contributed by atoms with Crippen LogP contribution in [0.15, 0.2) is 406 Å². The quantitative estimate of drug-likeness (QED) is 0.0756. The van der Waals surface area contributed by atoms with E-state index in [1.165, 1.54) is 116 Å². The molecule has 0 spiro atoms. The lowest BCUT2D eigenvalue weighted by atomic mass is 9.93. The Labute approximate surface area is 724 Å². The number of hydrogen-bond donors (Lipinski definition) is 0. The minimum Gasteiger partial charge on any atom is -0.310 e. The molecule has 0 aliphatic heterocycles. The predicted octanol–water partition coefficient (Wildman–Crippen LogP) is 33.4. The van der Waals surface area contributed by atoms with Crippen LogP contribution in [0.4, 0.5) is 68.2 Å². The molecule has 1 aromatic heterocycles. The lowest BCUT2D eigenvalue weighted by Gasteiger charge is -2.34. The fraction of sp³-hybridized carbons (Fsp3) is 0.0847. The van der Waals surface area contributed by atoms with E-state index >= 15 is 0 Å². The van der Waals surface area contributed by atoms with Gasteiger partial charge in [-0.2, -0.15) is 0 Å². The second kappa shape index (κ2) is 33.3. The van der Waals surface area contributed by atoms with Crippen molar-refractivity contribution in [2.24, 2.45) is 0 Å². The highest BCUT2D eigenvalue weighted by atomic mass is 15.2. The standard InChI is InChI=1S/C118H97N5/c1-78-33-26-34-79(2)113(78)90-57-63-98(64-58-90)120(99-65-59-91(60-66-99)114-80(3)35-27-36-81(114)4)102-69-94(117-86(9)41-30-42-87(117)10)70-103(74-102)121(97-51-24-15-25-52-97)100-53-31-54-101(73-100)122(118-107(88-43-16-11-17-44-88)55-32-56-108(118)89-45-18-12-19-46-89)105-75-104(119(95-47-20-13-21-48-95)96-49-22-14-23-50-96)76-106(77-105)123-111-67-61-92(115-82(5)37-28-38-83(115)6)71-109(111)110-72-93(62-68-112(110)123)116-84(7)39-29-40-85(116)8/h11-77H,1-10H3. The van der Waals surface area contributed by atoms with Gasteiger partial charge in [0.05, 0.1) is 33.8 Å². The van der Waals surface area contributed by atoms with Crippen molar-refractivity contribution in [1.29, 1.82) is 0 Å². The number of aryl methyl sites for hydroxylation is 10. The summed E-state index contributed by atoms with van der Waals surface area (Å²) in [6.07, 6.45) is 0. The van der Waals surface area contributed by atoms with Crippen molar-refractivity contribution in [3.8, 4) is 83.6 Å². The zero-order valence-electron chi connectivity index (χ0n) is 71.4. The molecule has 19 aromatic rings. The molecule has 0 aliphatic rings. The van der Waals surface area contributed by atoms with E-state index in [0.29, 0.717) is 0 Å². The summed E-state index contributed by atoms with van der Waals surface area (Å²) in [6.45, 7) is 22.3. The molecule has 0 aliphatic carbocycles. The lowest BCUT2D eigenvalue weighted by Crippen LogP contribution is -2.17. The Kier molecular flexibility index (Phi) is 21.1. The zero-order valence-corrected chi connectivity index (χ0v) is 71.4. The van der Waals surface area contributed by atoms with Gasteiger partial charge < -0.3 is 24.2 Å². The largest absolute Gasteiger partial charge is 0.310 e. The molecule has 0 amide bonds. The van der Waals surface area contributed by atoms with Gasteiger partial charge in [-0.25, -0.2) is 0 Å². The van der Waals surface area contributed by atoms with E-state index in [4.69, 9.17) is 0 Å². The Balaban J connectivity index is 0.893. The molecule has 0 radical (unpaired) electrons. The van der Waals surface area contributed by atoms with Crippen LogP contribution in [0.5, 0.6) is 0 Å². The van der Waals surface area contributed by atoms with Crippen LogP contribution in [0.2, 0.25) is 0 Å². The number of nitrogens with zero attached hydrogens (tertiary/aromatic N) is 5. The maximum absolute atomic E-state index is 2.56. The average Bonchev–Trinajstić information content (AvgIpc) is 1.61. The fourth-order valence-corrected chi connectivity index (χ4v) is 19.2. The molecule has 0 unspecified atom stereocenters. The second-order valence-corrected chi connectivity index (χ2v) is 33.0. The van der Waals surface area contributed by atoms with Gasteiger partial charge in [0.15, 0.2) is 0 Å². The molecule has 1 heterocycles. The average molecular weight is 1590 g/mol. The van der Waals surface area contributed by atoms with Crippen molar-refractivity contribution in [1.82, 2.24) is 4.57 Å².